The van der Waals surface area contributed by atoms with Crippen molar-refractivity contribution in [3.8, 4) is 0 Å². The summed E-state index contributed by atoms with van der Waals surface area (Å²) in [6.07, 6.45) is 7.81. The fraction of sp³-hybridized carbons (Fsp3) is 1.00. The lowest BCUT2D eigenvalue weighted by Gasteiger charge is -2.18. The van der Waals surface area contributed by atoms with Gasteiger partial charge >= 0.3 is 0 Å². The van der Waals surface area contributed by atoms with Crippen LogP contribution in [0.15, 0.2) is 0 Å². The Balaban J connectivity index is 1.69. The summed E-state index contributed by atoms with van der Waals surface area (Å²) in [5, 5.41) is 3.68. The van der Waals surface area contributed by atoms with Crippen LogP contribution in [0.3, 0.4) is 0 Å². The van der Waals surface area contributed by atoms with E-state index in [0.29, 0.717) is 18.2 Å². The van der Waals surface area contributed by atoms with Crippen molar-refractivity contribution < 1.29 is 4.74 Å². The van der Waals surface area contributed by atoms with Crippen LogP contribution in [-0.2, 0) is 4.74 Å². The Bertz CT molecular complexity index is 177. The summed E-state index contributed by atoms with van der Waals surface area (Å²) < 4.78 is 5.73. The van der Waals surface area contributed by atoms with Gasteiger partial charge in [0, 0.05) is 6.04 Å². The van der Waals surface area contributed by atoms with E-state index in [-0.39, 0.29) is 0 Å². The van der Waals surface area contributed by atoms with Gasteiger partial charge < -0.3 is 10.1 Å². The first-order valence-electron chi connectivity index (χ1n) is 6.14. The van der Waals surface area contributed by atoms with E-state index in [2.05, 4.69) is 19.2 Å². The molecule has 2 rings (SSSR count). The normalized spacial score (nSPS) is 39.4. The van der Waals surface area contributed by atoms with E-state index in [0.717, 1.165) is 5.92 Å². The highest BCUT2D eigenvalue weighted by atomic mass is 16.5. The topological polar surface area (TPSA) is 21.3 Å². The molecule has 1 saturated carbocycles. The van der Waals surface area contributed by atoms with E-state index in [1.807, 2.05) is 0 Å². The fourth-order valence-corrected chi connectivity index (χ4v) is 2.85. The number of ether oxygens (including phenoxy) is 1. The third kappa shape index (κ3) is 2.48. The molecule has 0 amide bonds. The molecule has 3 atom stereocenters. The molecule has 1 N–H and O–H groups in total. The highest BCUT2D eigenvalue weighted by Gasteiger charge is 2.29. The second kappa shape index (κ2) is 4.63. The summed E-state index contributed by atoms with van der Waals surface area (Å²) in [7, 11) is 0. The van der Waals surface area contributed by atoms with Gasteiger partial charge in [-0.2, -0.15) is 0 Å². The molecular weight excluding hydrogens is 174 g/mol. The predicted molar refractivity (Wildman–Crippen MR) is 58.4 cm³/mol. The van der Waals surface area contributed by atoms with Crippen LogP contribution in [0, 0.1) is 5.92 Å². The molecule has 3 unspecified atom stereocenters. The zero-order valence-electron chi connectivity index (χ0n) is 9.46. The van der Waals surface area contributed by atoms with Crippen LogP contribution in [0.2, 0.25) is 0 Å². The first kappa shape index (κ1) is 10.4. The third-order valence-electron chi connectivity index (χ3n) is 3.74. The van der Waals surface area contributed by atoms with Crippen molar-refractivity contribution >= 4 is 0 Å². The molecule has 82 valence electrons. The van der Waals surface area contributed by atoms with Crippen molar-refractivity contribution in [3.63, 3.8) is 0 Å². The highest BCUT2D eigenvalue weighted by molar-refractivity contribution is 4.84. The van der Waals surface area contributed by atoms with Crippen LogP contribution < -0.4 is 5.32 Å². The molecule has 14 heavy (non-hydrogen) atoms. The smallest absolute Gasteiger partial charge is 0.0704 e. The second-order valence-corrected chi connectivity index (χ2v) is 5.05. The van der Waals surface area contributed by atoms with E-state index in [1.54, 1.807) is 0 Å². The minimum absolute atomic E-state index is 0.409. The summed E-state index contributed by atoms with van der Waals surface area (Å²) in [6.45, 7) is 5.58. The Kier molecular flexibility index (Phi) is 3.45. The van der Waals surface area contributed by atoms with Crippen molar-refractivity contribution in [2.24, 2.45) is 5.92 Å². The van der Waals surface area contributed by atoms with Gasteiger partial charge in [0.25, 0.3) is 0 Å². The van der Waals surface area contributed by atoms with Crippen LogP contribution >= 0.6 is 0 Å². The van der Waals surface area contributed by atoms with Gasteiger partial charge in [-0.25, -0.2) is 0 Å². The lowest BCUT2D eigenvalue weighted by molar-refractivity contribution is 0.0603. The van der Waals surface area contributed by atoms with E-state index >= 15 is 0 Å². The average Bonchev–Trinajstić information content (AvgIpc) is 2.72. The Morgan fingerprint density at radius 3 is 2.50 bits per heavy atom. The molecule has 1 aliphatic heterocycles. The van der Waals surface area contributed by atoms with Crippen molar-refractivity contribution in [1.29, 1.82) is 0 Å². The van der Waals surface area contributed by atoms with Gasteiger partial charge in [-0.1, -0.05) is 12.8 Å². The Morgan fingerprint density at radius 1 is 1.21 bits per heavy atom. The van der Waals surface area contributed by atoms with Gasteiger partial charge in [0.15, 0.2) is 0 Å². The zero-order chi connectivity index (χ0) is 9.97. The molecule has 0 spiro atoms. The molecule has 2 nitrogen and oxygen atoms in total. The van der Waals surface area contributed by atoms with Crippen LogP contribution in [0.4, 0.5) is 0 Å². The minimum atomic E-state index is 0.409. The van der Waals surface area contributed by atoms with Gasteiger partial charge in [-0.15, -0.1) is 0 Å². The van der Waals surface area contributed by atoms with Crippen LogP contribution in [0.25, 0.3) is 0 Å². The quantitative estimate of drug-likeness (QED) is 0.750. The predicted octanol–water partition coefficient (Wildman–Crippen LogP) is 2.33. The standard InChI is InChI=1S/C12H23NO/c1-9-7-12(10(2)14-9)13-8-11-5-3-4-6-11/h9-13H,3-8H2,1-2H3. The first-order chi connectivity index (χ1) is 6.75. The molecule has 0 aromatic carbocycles. The maximum atomic E-state index is 5.73. The fourth-order valence-electron chi connectivity index (χ4n) is 2.85. The van der Waals surface area contributed by atoms with Gasteiger partial charge in [-0.05, 0) is 45.6 Å². The molecule has 0 radical (unpaired) electrons. The minimum Gasteiger partial charge on any atom is -0.374 e. The Morgan fingerprint density at radius 2 is 1.93 bits per heavy atom. The van der Waals surface area contributed by atoms with E-state index < -0.39 is 0 Å². The van der Waals surface area contributed by atoms with Gasteiger partial charge in [-0.3, -0.25) is 0 Å². The van der Waals surface area contributed by atoms with Gasteiger partial charge in [0.1, 0.15) is 0 Å². The molecule has 0 aromatic heterocycles. The lowest BCUT2D eigenvalue weighted by Crippen LogP contribution is -2.37. The zero-order valence-corrected chi connectivity index (χ0v) is 9.46. The number of hydrogen-bond donors (Lipinski definition) is 1. The van der Waals surface area contributed by atoms with Crippen LogP contribution in [0.5, 0.6) is 0 Å². The molecule has 1 aliphatic carbocycles. The van der Waals surface area contributed by atoms with Crippen molar-refractivity contribution in [2.45, 2.75) is 64.2 Å². The molecule has 0 bridgehead atoms. The van der Waals surface area contributed by atoms with Crippen molar-refractivity contribution in [2.75, 3.05) is 6.54 Å². The summed E-state index contributed by atoms with van der Waals surface area (Å²) in [5.74, 6) is 0.943. The monoisotopic (exact) mass is 197 g/mol. The van der Waals surface area contributed by atoms with Gasteiger partial charge in [0.2, 0.25) is 0 Å². The summed E-state index contributed by atoms with van der Waals surface area (Å²) >= 11 is 0. The Labute approximate surface area is 87.4 Å². The highest BCUT2D eigenvalue weighted by Crippen LogP contribution is 2.25. The average molecular weight is 197 g/mol. The van der Waals surface area contributed by atoms with E-state index in [4.69, 9.17) is 4.74 Å². The largest absolute Gasteiger partial charge is 0.374 e. The number of nitrogens with one attached hydrogen (secondary N) is 1. The maximum Gasteiger partial charge on any atom is 0.0704 e. The molecule has 1 saturated heterocycles. The molecule has 0 aromatic rings. The molecule has 2 heteroatoms. The lowest BCUT2D eigenvalue weighted by atomic mass is 10.1. The maximum absolute atomic E-state index is 5.73. The first-order valence-corrected chi connectivity index (χ1v) is 6.14. The second-order valence-electron chi connectivity index (χ2n) is 5.05. The van der Waals surface area contributed by atoms with Gasteiger partial charge in [0.05, 0.1) is 12.2 Å². The number of hydrogen-bond acceptors (Lipinski definition) is 2. The summed E-state index contributed by atoms with van der Waals surface area (Å²) in [5.41, 5.74) is 0. The SMILES string of the molecule is CC1CC(NCC2CCCC2)C(C)O1. The van der Waals surface area contributed by atoms with Crippen molar-refractivity contribution in [1.82, 2.24) is 5.32 Å². The molecule has 2 fully saturated rings. The molecular formula is C12H23NO. The number of rotatable bonds is 3. The van der Waals surface area contributed by atoms with E-state index in [1.165, 1.54) is 38.6 Å². The molecule has 2 aliphatic rings. The molecule has 1 heterocycles. The van der Waals surface area contributed by atoms with Crippen LogP contribution in [0.1, 0.15) is 46.0 Å². The third-order valence-corrected chi connectivity index (χ3v) is 3.74. The van der Waals surface area contributed by atoms with Crippen molar-refractivity contribution in [3.05, 3.63) is 0 Å². The Hall–Kier alpha value is -0.0800. The van der Waals surface area contributed by atoms with E-state index in [9.17, 15) is 0 Å². The summed E-state index contributed by atoms with van der Waals surface area (Å²) in [4.78, 5) is 0. The summed E-state index contributed by atoms with van der Waals surface area (Å²) in [6, 6.07) is 0.602. The van der Waals surface area contributed by atoms with Crippen LogP contribution in [-0.4, -0.2) is 24.8 Å².